The maximum atomic E-state index is 12.1. The summed E-state index contributed by atoms with van der Waals surface area (Å²) in [5.41, 5.74) is 6.17. The van der Waals surface area contributed by atoms with E-state index in [9.17, 15) is 4.79 Å². The van der Waals surface area contributed by atoms with Crippen molar-refractivity contribution in [3.63, 3.8) is 0 Å². The number of aliphatic imine (C=N–C) groups is 1. The van der Waals surface area contributed by atoms with Crippen LogP contribution in [0.1, 0.15) is 23.3 Å². The molecule has 3 rings (SSSR count). The Hall–Kier alpha value is -2.05. The molecule has 7 heteroatoms. The number of aromatic amines is 1. The summed E-state index contributed by atoms with van der Waals surface area (Å²) in [6, 6.07) is 0. The molecule has 0 aromatic carbocycles. The summed E-state index contributed by atoms with van der Waals surface area (Å²) in [4.78, 5) is 24.9. The normalized spacial score (nSPS) is 21.8. The van der Waals surface area contributed by atoms with Gasteiger partial charge in [0.1, 0.15) is 5.69 Å². The summed E-state index contributed by atoms with van der Waals surface area (Å²) in [5.74, 6) is 0.526. The van der Waals surface area contributed by atoms with Crippen LogP contribution in [0, 0.1) is 0 Å². The third-order valence-electron chi connectivity index (χ3n) is 3.68. The second kappa shape index (κ2) is 4.01. The molecule has 1 aromatic heterocycles. The third kappa shape index (κ3) is 1.81. The van der Waals surface area contributed by atoms with Gasteiger partial charge in [0.25, 0.3) is 5.91 Å². The highest BCUT2D eigenvalue weighted by molar-refractivity contribution is 5.92. The van der Waals surface area contributed by atoms with Crippen molar-refractivity contribution in [1.29, 1.82) is 0 Å². The number of H-pyrrole nitrogens is 1. The van der Waals surface area contributed by atoms with Gasteiger partial charge in [-0.2, -0.15) is 0 Å². The fraction of sp³-hybridized carbons (Fsp3) is 0.545. The molecule has 1 fully saturated rings. The number of likely N-dealkylation sites (tertiary alicyclic amines) is 1. The summed E-state index contributed by atoms with van der Waals surface area (Å²) in [6.07, 6.45) is 4.82. The first kappa shape index (κ1) is 11.1. The van der Waals surface area contributed by atoms with Gasteiger partial charge in [0.15, 0.2) is 5.96 Å². The highest BCUT2D eigenvalue weighted by Crippen LogP contribution is 2.25. The molecule has 3 heterocycles. The summed E-state index contributed by atoms with van der Waals surface area (Å²) in [7, 11) is 0. The summed E-state index contributed by atoms with van der Waals surface area (Å²) in [6.45, 7) is 2.15. The molecule has 1 amide bonds. The first-order valence-electron chi connectivity index (χ1n) is 6.04. The predicted octanol–water partition coefficient (Wildman–Crippen LogP) is -0.698. The molecule has 96 valence electrons. The van der Waals surface area contributed by atoms with Gasteiger partial charge in [-0.3, -0.25) is 9.79 Å². The number of carbonyl (C=O) groups excluding carboxylic acids is 1. The number of imidazole rings is 1. The van der Waals surface area contributed by atoms with Gasteiger partial charge >= 0.3 is 0 Å². The van der Waals surface area contributed by atoms with Crippen molar-refractivity contribution >= 4 is 11.9 Å². The molecule has 0 unspecified atom stereocenters. The first-order valence-corrected chi connectivity index (χ1v) is 6.04. The zero-order chi connectivity index (χ0) is 12.6. The summed E-state index contributed by atoms with van der Waals surface area (Å²) in [5, 5.41) is 3.23. The van der Waals surface area contributed by atoms with Crippen LogP contribution in [0.2, 0.25) is 0 Å². The van der Waals surface area contributed by atoms with E-state index in [0.29, 0.717) is 31.3 Å². The smallest absolute Gasteiger partial charge is 0.271 e. The van der Waals surface area contributed by atoms with Crippen LogP contribution in [-0.4, -0.2) is 51.9 Å². The average Bonchev–Trinajstić information content (AvgIpc) is 3.00. The molecule has 0 atom stereocenters. The van der Waals surface area contributed by atoms with Crippen LogP contribution in [0.3, 0.4) is 0 Å². The maximum Gasteiger partial charge on any atom is 0.271 e. The Morgan fingerprint density at radius 2 is 2.22 bits per heavy atom. The highest BCUT2D eigenvalue weighted by Gasteiger charge is 2.39. The number of nitrogens with two attached hydrogens (primary N) is 1. The van der Waals surface area contributed by atoms with E-state index in [-0.39, 0.29) is 11.4 Å². The van der Waals surface area contributed by atoms with Crippen LogP contribution >= 0.6 is 0 Å². The number of rotatable bonds is 1. The molecule has 18 heavy (non-hydrogen) atoms. The Balaban J connectivity index is 1.62. The Morgan fingerprint density at radius 3 is 2.78 bits per heavy atom. The molecule has 0 saturated carbocycles. The highest BCUT2D eigenvalue weighted by atomic mass is 16.2. The van der Waals surface area contributed by atoms with Crippen LogP contribution in [0.15, 0.2) is 17.5 Å². The molecule has 0 aliphatic carbocycles. The molecule has 2 aliphatic rings. The second-order valence-corrected chi connectivity index (χ2v) is 4.86. The van der Waals surface area contributed by atoms with E-state index in [1.54, 1.807) is 6.20 Å². The van der Waals surface area contributed by atoms with Crippen molar-refractivity contribution in [3.05, 3.63) is 18.2 Å². The minimum Gasteiger partial charge on any atom is -0.370 e. The molecule has 1 spiro atoms. The molecule has 1 aromatic rings. The molecule has 2 aliphatic heterocycles. The van der Waals surface area contributed by atoms with E-state index in [4.69, 9.17) is 5.73 Å². The topological polar surface area (TPSA) is 99.4 Å². The largest absolute Gasteiger partial charge is 0.370 e. The lowest BCUT2D eigenvalue weighted by Crippen LogP contribution is -2.55. The zero-order valence-corrected chi connectivity index (χ0v) is 10.0. The molecule has 1 saturated heterocycles. The van der Waals surface area contributed by atoms with Crippen LogP contribution in [-0.2, 0) is 0 Å². The Bertz CT molecular complexity index is 472. The van der Waals surface area contributed by atoms with E-state index in [1.165, 1.54) is 6.33 Å². The predicted molar refractivity (Wildman–Crippen MR) is 66.1 cm³/mol. The van der Waals surface area contributed by atoms with Gasteiger partial charge in [0.2, 0.25) is 0 Å². The van der Waals surface area contributed by atoms with E-state index in [2.05, 4.69) is 20.3 Å². The first-order chi connectivity index (χ1) is 8.69. The molecule has 7 nitrogen and oxygen atoms in total. The minimum absolute atomic E-state index is 0.00855. The van der Waals surface area contributed by atoms with Crippen LogP contribution in [0.25, 0.3) is 0 Å². The van der Waals surface area contributed by atoms with Crippen LogP contribution < -0.4 is 11.1 Å². The van der Waals surface area contributed by atoms with Crippen LogP contribution in [0.4, 0.5) is 0 Å². The number of carbonyl (C=O) groups is 1. The Kier molecular flexibility index (Phi) is 2.46. The van der Waals surface area contributed by atoms with Gasteiger partial charge in [-0.1, -0.05) is 0 Å². The number of amides is 1. The minimum atomic E-state index is -0.0329. The van der Waals surface area contributed by atoms with E-state index < -0.39 is 0 Å². The summed E-state index contributed by atoms with van der Waals surface area (Å²) >= 11 is 0. The van der Waals surface area contributed by atoms with Crippen molar-refractivity contribution in [3.8, 4) is 0 Å². The van der Waals surface area contributed by atoms with Gasteiger partial charge in [-0.25, -0.2) is 4.98 Å². The quantitative estimate of drug-likeness (QED) is 0.612. The van der Waals surface area contributed by atoms with Crippen molar-refractivity contribution in [2.24, 2.45) is 10.7 Å². The van der Waals surface area contributed by atoms with Gasteiger partial charge < -0.3 is 20.9 Å². The van der Waals surface area contributed by atoms with Gasteiger partial charge in [0, 0.05) is 13.1 Å². The van der Waals surface area contributed by atoms with Crippen LogP contribution in [0.5, 0.6) is 0 Å². The summed E-state index contributed by atoms with van der Waals surface area (Å²) < 4.78 is 0. The maximum absolute atomic E-state index is 12.1. The Morgan fingerprint density at radius 1 is 1.44 bits per heavy atom. The average molecular weight is 248 g/mol. The van der Waals surface area contributed by atoms with E-state index >= 15 is 0 Å². The Labute approximate surface area is 104 Å². The lowest BCUT2D eigenvalue weighted by molar-refractivity contribution is 0.0663. The van der Waals surface area contributed by atoms with Crippen molar-refractivity contribution in [2.75, 3.05) is 19.6 Å². The zero-order valence-electron chi connectivity index (χ0n) is 10.0. The number of nitrogens with one attached hydrogen (secondary N) is 2. The lowest BCUT2D eigenvalue weighted by Gasteiger charge is -2.38. The fourth-order valence-corrected chi connectivity index (χ4v) is 2.55. The monoisotopic (exact) mass is 248 g/mol. The number of aromatic nitrogens is 2. The molecular weight excluding hydrogens is 232 g/mol. The van der Waals surface area contributed by atoms with Crippen molar-refractivity contribution in [1.82, 2.24) is 20.2 Å². The van der Waals surface area contributed by atoms with Crippen molar-refractivity contribution < 1.29 is 4.79 Å². The molecular formula is C11H16N6O. The number of piperidine rings is 1. The SMILES string of the molecule is NC1=NCC2(CCN(C(=O)c3cnc[nH]3)CC2)N1. The number of guanidine groups is 1. The fourth-order valence-electron chi connectivity index (χ4n) is 2.55. The third-order valence-corrected chi connectivity index (χ3v) is 3.68. The van der Waals surface area contributed by atoms with E-state index in [1.807, 2.05) is 4.90 Å². The standard InChI is InChI=1S/C11H16N6O/c12-10-14-6-11(16-10)1-3-17(4-2-11)9(18)8-5-13-7-15-8/h5,7H,1-4,6H2,(H,13,15)(H3,12,14,16). The van der Waals surface area contributed by atoms with Gasteiger partial charge in [-0.15, -0.1) is 0 Å². The van der Waals surface area contributed by atoms with Gasteiger partial charge in [0.05, 0.1) is 24.6 Å². The number of hydrogen-bond acceptors (Lipinski definition) is 5. The number of nitrogens with zero attached hydrogens (tertiary/aromatic N) is 3. The number of hydrogen-bond donors (Lipinski definition) is 3. The van der Waals surface area contributed by atoms with E-state index in [0.717, 1.165) is 12.8 Å². The van der Waals surface area contributed by atoms with Crippen molar-refractivity contribution in [2.45, 2.75) is 18.4 Å². The molecule has 0 radical (unpaired) electrons. The molecule has 0 bridgehead atoms. The second-order valence-electron chi connectivity index (χ2n) is 4.86. The van der Waals surface area contributed by atoms with Gasteiger partial charge in [-0.05, 0) is 12.8 Å². The molecule has 4 N–H and O–H groups in total. The lowest BCUT2D eigenvalue weighted by atomic mass is 9.88.